The molecule has 1 unspecified atom stereocenters. The molecule has 100 valence electrons. The molecular weight excluding hydrogens is 268 g/mol. The van der Waals surface area contributed by atoms with Crippen molar-refractivity contribution in [2.24, 2.45) is 0 Å². The van der Waals surface area contributed by atoms with Gasteiger partial charge >= 0.3 is 0 Å². The molecule has 18 heavy (non-hydrogen) atoms. The SMILES string of the molecule is CN1CCN(C)C(CC(=O)Cc2sccc2Cl)C1. The van der Waals surface area contributed by atoms with E-state index in [1.807, 2.05) is 11.4 Å². The van der Waals surface area contributed by atoms with E-state index in [9.17, 15) is 4.79 Å². The van der Waals surface area contributed by atoms with Gasteiger partial charge in [-0.1, -0.05) is 11.6 Å². The van der Waals surface area contributed by atoms with Crippen LogP contribution in [0, 0.1) is 0 Å². The number of rotatable bonds is 4. The van der Waals surface area contributed by atoms with Crippen LogP contribution in [-0.2, 0) is 11.2 Å². The second-order valence-corrected chi connectivity index (χ2v) is 6.42. The highest BCUT2D eigenvalue weighted by Crippen LogP contribution is 2.23. The molecule has 0 N–H and O–H groups in total. The number of likely N-dealkylation sites (N-methyl/N-ethyl adjacent to an activating group) is 2. The van der Waals surface area contributed by atoms with Crippen LogP contribution in [-0.4, -0.2) is 55.4 Å². The summed E-state index contributed by atoms with van der Waals surface area (Å²) in [6, 6.07) is 2.20. The minimum absolute atomic E-state index is 0.284. The molecule has 0 radical (unpaired) electrons. The average molecular weight is 287 g/mol. The van der Waals surface area contributed by atoms with E-state index >= 15 is 0 Å². The number of ketones is 1. The van der Waals surface area contributed by atoms with Gasteiger partial charge in [-0.3, -0.25) is 4.79 Å². The van der Waals surface area contributed by atoms with Crippen LogP contribution in [0.1, 0.15) is 11.3 Å². The van der Waals surface area contributed by atoms with Gasteiger partial charge in [-0.15, -0.1) is 11.3 Å². The monoisotopic (exact) mass is 286 g/mol. The standard InChI is InChI=1S/C13H19ClN2OS/c1-15-4-5-16(2)10(9-15)7-11(17)8-13-12(14)3-6-18-13/h3,6,10H,4-5,7-9H2,1-2H3. The first-order valence-electron chi connectivity index (χ1n) is 6.18. The molecule has 0 bridgehead atoms. The number of thiophene rings is 1. The third-order valence-electron chi connectivity index (χ3n) is 3.49. The number of nitrogens with zero attached hydrogens (tertiary/aromatic N) is 2. The Morgan fingerprint density at radius 3 is 2.94 bits per heavy atom. The van der Waals surface area contributed by atoms with Gasteiger partial charge in [-0.05, 0) is 25.5 Å². The van der Waals surface area contributed by atoms with Gasteiger partial charge in [-0.2, -0.15) is 0 Å². The summed E-state index contributed by atoms with van der Waals surface area (Å²) in [7, 11) is 4.21. The number of carbonyl (C=O) groups is 1. The Labute approximate surface area is 117 Å². The van der Waals surface area contributed by atoms with Crippen molar-refractivity contribution < 1.29 is 4.79 Å². The molecule has 2 rings (SSSR count). The number of hydrogen-bond donors (Lipinski definition) is 0. The zero-order valence-corrected chi connectivity index (χ0v) is 12.4. The van der Waals surface area contributed by atoms with Crippen LogP contribution in [0.2, 0.25) is 5.02 Å². The number of halogens is 1. The summed E-state index contributed by atoms with van der Waals surface area (Å²) in [5, 5.41) is 2.66. The molecule has 1 aromatic rings. The molecule has 0 spiro atoms. The molecule has 1 atom stereocenters. The first kappa shape index (κ1) is 14.0. The van der Waals surface area contributed by atoms with Gasteiger partial charge in [0.15, 0.2) is 0 Å². The topological polar surface area (TPSA) is 23.6 Å². The molecule has 0 amide bonds. The maximum Gasteiger partial charge on any atom is 0.139 e. The van der Waals surface area contributed by atoms with Crippen LogP contribution in [0.3, 0.4) is 0 Å². The lowest BCUT2D eigenvalue weighted by Crippen LogP contribution is -2.50. The lowest BCUT2D eigenvalue weighted by atomic mass is 10.0. The molecule has 2 heterocycles. The summed E-state index contributed by atoms with van der Waals surface area (Å²) in [6.45, 7) is 3.09. The molecule has 1 aliphatic rings. The molecule has 1 aliphatic heterocycles. The minimum atomic E-state index is 0.284. The van der Waals surface area contributed by atoms with Crippen molar-refractivity contribution in [3.05, 3.63) is 21.3 Å². The molecule has 1 aromatic heterocycles. The molecule has 3 nitrogen and oxygen atoms in total. The molecular formula is C13H19ClN2OS. The van der Waals surface area contributed by atoms with Crippen molar-refractivity contribution >= 4 is 28.7 Å². The van der Waals surface area contributed by atoms with E-state index in [4.69, 9.17) is 11.6 Å². The Kier molecular flexibility index (Phi) is 4.78. The molecule has 0 aliphatic carbocycles. The zero-order valence-electron chi connectivity index (χ0n) is 10.9. The normalized spacial score (nSPS) is 22.3. The van der Waals surface area contributed by atoms with E-state index in [0.29, 0.717) is 18.9 Å². The Morgan fingerprint density at radius 1 is 1.50 bits per heavy atom. The summed E-state index contributed by atoms with van der Waals surface area (Å²) >= 11 is 7.58. The van der Waals surface area contributed by atoms with Crippen molar-refractivity contribution in [1.82, 2.24) is 9.80 Å². The van der Waals surface area contributed by atoms with Crippen LogP contribution < -0.4 is 0 Å². The van der Waals surface area contributed by atoms with Gasteiger partial charge in [0.05, 0.1) is 5.02 Å². The molecule has 1 fully saturated rings. The van der Waals surface area contributed by atoms with E-state index in [1.54, 1.807) is 11.3 Å². The highest BCUT2D eigenvalue weighted by Gasteiger charge is 2.24. The quantitative estimate of drug-likeness (QED) is 0.847. The average Bonchev–Trinajstić information content (AvgIpc) is 2.70. The van der Waals surface area contributed by atoms with Crippen molar-refractivity contribution in [2.75, 3.05) is 33.7 Å². The minimum Gasteiger partial charge on any atom is -0.304 e. The van der Waals surface area contributed by atoms with E-state index in [0.717, 1.165) is 29.5 Å². The van der Waals surface area contributed by atoms with Gasteiger partial charge in [0, 0.05) is 43.4 Å². The van der Waals surface area contributed by atoms with Gasteiger partial charge in [-0.25, -0.2) is 0 Å². The van der Waals surface area contributed by atoms with E-state index in [2.05, 4.69) is 23.9 Å². The summed E-state index contributed by atoms with van der Waals surface area (Å²) in [5.74, 6) is 0.284. The van der Waals surface area contributed by atoms with Crippen LogP contribution >= 0.6 is 22.9 Å². The summed E-state index contributed by atoms with van der Waals surface area (Å²) in [5.41, 5.74) is 0. The van der Waals surface area contributed by atoms with E-state index < -0.39 is 0 Å². The fourth-order valence-electron chi connectivity index (χ4n) is 2.29. The summed E-state index contributed by atoms with van der Waals surface area (Å²) < 4.78 is 0. The largest absolute Gasteiger partial charge is 0.304 e. The molecule has 0 aromatic carbocycles. The fourth-order valence-corrected chi connectivity index (χ4v) is 3.42. The summed E-state index contributed by atoms with van der Waals surface area (Å²) in [6.07, 6.45) is 1.10. The first-order chi connectivity index (χ1) is 8.56. The highest BCUT2D eigenvalue weighted by atomic mass is 35.5. The first-order valence-corrected chi connectivity index (χ1v) is 7.44. The van der Waals surface area contributed by atoms with Crippen LogP contribution in [0.15, 0.2) is 11.4 Å². The number of hydrogen-bond acceptors (Lipinski definition) is 4. The van der Waals surface area contributed by atoms with Crippen LogP contribution in [0.5, 0.6) is 0 Å². The van der Waals surface area contributed by atoms with Gasteiger partial charge < -0.3 is 9.80 Å². The van der Waals surface area contributed by atoms with E-state index in [-0.39, 0.29) is 5.78 Å². The lowest BCUT2D eigenvalue weighted by molar-refractivity contribution is -0.120. The van der Waals surface area contributed by atoms with Gasteiger partial charge in [0.2, 0.25) is 0 Å². The second kappa shape index (κ2) is 6.15. The maximum absolute atomic E-state index is 12.1. The fraction of sp³-hybridized carbons (Fsp3) is 0.615. The van der Waals surface area contributed by atoms with E-state index in [1.165, 1.54) is 0 Å². The van der Waals surface area contributed by atoms with Crippen molar-refractivity contribution in [3.8, 4) is 0 Å². The maximum atomic E-state index is 12.1. The van der Waals surface area contributed by atoms with Crippen molar-refractivity contribution in [2.45, 2.75) is 18.9 Å². The summed E-state index contributed by atoms with van der Waals surface area (Å²) in [4.78, 5) is 17.7. The van der Waals surface area contributed by atoms with Crippen LogP contribution in [0.4, 0.5) is 0 Å². The Balaban J connectivity index is 1.89. The van der Waals surface area contributed by atoms with Crippen LogP contribution in [0.25, 0.3) is 0 Å². The Bertz CT molecular complexity index is 421. The van der Waals surface area contributed by atoms with Gasteiger partial charge in [0.25, 0.3) is 0 Å². The number of carbonyl (C=O) groups excluding carboxylic acids is 1. The Hall–Kier alpha value is -0.420. The third kappa shape index (κ3) is 3.54. The molecule has 1 saturated heterocycles. The lowest BCUT2D eigenvalue weighted by Gasteiger charge is -2.37. The predicted octanol–water partition coefficient (Wildman–Crippen LogP) is 2.15. The second-order valence-electron chi connectivity index (χ2n) is 5.01. The molecule has 5 heteroatoms. The van der Waals surface area contributed by atoms with Crippen molar-refractivity contribution in [3.63, 3.8) is 0 Å². The predicted molar refractivity (Wildman–Crippen MR) is 76.6 cm³/mol. The van der Waals surface area contributed by atoms with Crippen molar-refractivity contribution in [1.29, 1.82) is 0 Å². The smallest absolute Gasteiger partial charge is 0.139 e. The third-order valence-corrected chi connectivity index (χ3v) is 4.88. The zero-order chi connectivity index (χ0) is 13.1. The number of Topliss-reactive ketones (excluding diaryl/α,β-unsaturated/α-hetero) is 1. The van der Waals surface area contributed by atoms with Gasteiger partial charge in [0.1, 0.15) is 5.78 Å². The number of piperazine rings is 1. The highest BCUT2D eigenvalue weighted by molar-refractivity contribution is 7.10. The molecule has 0 saturated carbocycles. The Morgan fingerprint density at radius 2 is 2.28 bits per heavy atom.